The Morgan fingerprint density at radius 3 is 2.95 bits per heavy atom. The van der Waals surface area contributed by atoms with Crippen LogP contribution in [-0.2, 0) is 11.3 Å². The van der Waals surface area contributed by atoms with Gasteiger partial charge in [0.1, 0.15) is 0 Å². The minimum Gasteiger partial charge on any atom is -0.385 e. The highest BCUT2D eigenvalue weighted by molar-refractivity contribution is 7.14. The second-order valence-electron chi connectivity index (χ2n) is 4.76. The van der Waals surface area contributed by atoms with Crippen molar-refractivity contribution in [1.29, 1.82) is 0 Å². The maximum atomic E-state index is 12.6. The maximum Gasteiger partial charge on any atom is 0.260 e. The second-order valence-corrected chi connectivity index (χ2v) is 5.62. The number of anilines is 1. The average molecular weight is 307 g/mol. The molecule has 114 valence electrons. The molecule has 0 aromatic carbocycles. The molecule has 0 bridgehead atoms. The number of pyridine rings is 1. The Labute approximate surface area is 128 Å². The number of nitrogens with zero attached hydrogens (tertiary/aromatic N) is 2. The van der Waals surface area contributed by atoms with Crippen LogP contribution in [0.25, 0.3) is 11.3 Å². The third-order valence-electron chi connectivity index (χ3n) is 3.23. The Kier molecular flexibility index (Phi) is 5.52. The van der Waals surface area contributed by atoms with Crippen molar-refractivity contribution in [3.05, 3.63) is 33.6 Å². The summed E-state index contributed by atoms with van der Waals surface area (Å²) < 4.78 is 6.85. The van der Waals surface area contributed by atoms with Crippen molar-refractivity contribution in [2.75, 3.05) is 25.6 Å². The second kappa shape index (κ2) is 7.38. The highest BCUT2D eigenvalue weighted by Gasteiger charge is 2.11. The van der Waals surface area contributed by atoms with Crippen molar-refractivity contribution in [2.24, 2.45) is 0 Å². The van der Waals surface area contributed by atoms with Gasteiger partial charge < -0.3 is 14.6 Å². The van der Waals surface area contributed by atoms with Crippen LogP contribution >= 0.6 is 11.3 Å². The summed E-state index contributed by atoms with van der Waals surface area (Å²) in [6, 6.07) is 3.82. The monoisotopic (exact) mass is 307 g/mol. The van der Waals surface area contributed by atoms with E-state index in [9.17, 15) is 4.79 Å². The van der Waals surface area contributed by atoms with Crippen LogP contribution in [-0.4, -0.2) is 29.8 Å². The van der Waals surface area contributed by atoms with Crippen LogP contribution in [0.2, 0.25) is 0 Å². The lowest BCUT2D eigenvalue weighted by Crippen LogP contribution is -2.24. The molecule has 0 fully saturated rings. The van der Waals surface area contributed by atoms with Gasteiger partial charge in [-0.05, 0) is 32.4 Å². The first kappa shape index (κ1) is 15.7. The molecule has 0 saturated carbocycles. The highest BCUT2D eigenvalue weighted by atomic mass is 32.1. The van der Waals surface area contributed by atoms with Crippen molar-refractivity contribution in [3.63, 3.8) is 0 Å². The molecule has 0 atom stereocenters. The quantitative estimate of drug-likeness (QED) is 0.799. The average Bonchev–Trinajstić information content (AvgIpc) is 2.91. The van der Waals surface area contributed by atoms with Crippen molar-refractivity contribution in [3.8, 4) is 11.3 Å². The number of aryl methyl sites for hydroxylation is 1. The van der Waals surface area contributed by atoms with Gasteiger partial charge in [0.05, 0.1) is 11.3 Å². The smallest absolute Gasteiger partial charge is 0.260 e. The van der Waals surface area contributed by atoms with Gasteiger partial charge in [0.25, 0.3) is 5.56 Å². The van der Waals surface area contributed by atoms with E-state index in [1.54, 1.807) is 11.7 Å². The van der Waals surface area contributed by atoms with Crippen molar-refractivity contribution in [1.82, 2.24) is 9.55 Å². The van der Waals surface area contributed by atoms with E-state index in [4.69, 9.17) is 4.74 Å². The summed E-state index contributed by atoms with van der Waals surface area (Å²) in [5, 5.41) is 5.93. The highest BCUT2D eigenvalue weighted by Crippen LogP contribution is 2.22. The Morgan fingerprint density at radius 2 is 2.24 bits per heavy atom. The van der Waals surface area contributed by atoms with Crippen molar-refractivity contribution in [2.45, 2.75) is 26.8 Å². The lowest BCUT2D eigenvalue weighted by Gasteiger charge is -2.11. The van der Waals surface area contributed by atoms with Crippen molar-refractivity contribution < 1.29 is 4.74 Å². The van der Waals surface area contributed by atoms with Gasteiger partial charge >= 0.3 is 0 Å². The summed E-state index contributed by atoms with van der Waals surface area (Å²) in [6.45, 7) is 6.11. The molecule has 2 heterocycles. The van der Waals surface area contributed by atoms with E-state index in [-0.39, 0.29) is 5.56 Å². The van der Waals surface area contributed by atoms with Crippen LogP contribution in [0.4, 0.5) is 5.13 Å². The molecule has 2 aromatic rings. The Balaban J connectivity index is 2.31. The fourth-order valence-electron chi connectivity index (χ4n) is 2.14. The molecule has 1 N–H and O–H groups in total. The topological polar surface area (TPSA) is 56.1 Å². The summed E-state index contributed by atoms with van der Waals surface area (Å²) in [6.07, 6.45) is 0.820. The molecule has 21 heavy (non-hydrogen) atoms. The van der Waals surface area contributed by atoms with E-state index >= 15 is 0 Å². The zero-order chi connectivity index (χ0) is 15.2. The van der Waals surface area contributed by atoms with Gasteiger partial charge in [-0.1, -0.05) is 0 Å². The Bertz CT molecular complexity index is 649. The fraction of sp³-hybridized carbons (Fsp3) is 0.467. The predicted octanol–water partition coefficient (Wildman–Crippen LogP) is 2.75. The van der Waals surface area contributed by atoms with Crippen LogP contribution < -0.4 is 10.9 Å². The number of nitrogens with one attached hydrogen (secondary N) is 1. The number of hydrogen-bond donors (Lipinski definition) is 1. The Morgan fingerprint density at radius 1 is 1.43 bits per heavy atom. The van der Waals surface area contributed by atoms with Gasteiger partial charge in [0, 0.05) is 37.9 Å². The maximum absolute atomic E-state index is 12.6. The van der Waals surface area contributed by atoms with Crippen LogP contribution in [0.15, 0.2) is 22.3 Å². The zero-order valence-electron chi connectivity index (χ0n) is 12.7. The number of rotatable bonds is 7. The molecular weight excluding hydrogens is 286 g/mol. The van der Waals surface area contributed by atoms with Crippen molar-refractivity contribution >= 4 is 16.5 Å². The predicted molar refractivity (Wildman–Crippen MR) is 87.2 cm³/mol. The summed E-state index contributed by atoms with van der Waals surface area (Å²) in [4.78, 5) is 17.1. The summed E-state index contributed by atoms with van der Waals surface area (Å²) >= 11 is 1.52. The third-order valence-corrected chi connectivity index (χ3v) is 4.03. The van der Waals surface area contributed by atoms with Gasteiger partial charge in [0.15, 0.2) is 5.13 Å². The minimum absolute atomic E-state index is 0.0134. The number of methoxy groups -OCH3 is 1. The molecule has 6 heteroatoms. The van der Waals surface area contributed by atoms with Crippen LogP contribution in [0.5, 0.6) is 0 Å². The molecule has 2 rings (SSSR count). The Hall–Kier alpha value is -1.66. The van der Waals surface area contributed by atoms with Gasteiger partial charge in [-0.3, -0.25) is 4.79 Å². The number of hydrogen-bond acceptors (Lipinski definition) is 5. The first-order valence-electron chi connectivity index (χ1n) is 7.06. The van der Waals surface area contributed by atoms with Gasteiger partial charge in [-0.25, -0.2) is 4.98 Å². The van der Waals surface area contributed by atoms with Gasteiger partial charge in [0.2, 0.25) is 0 Å². The molecule has 0 aliphatic heterocycles. The SMILES string of the molecule is CCNc1nc(-c2ccc(C)n(CCCOC)c2=O)cs1. The van der Waals surface area contributed by atoms with Crippen LogP contribution in [0.1, 0.15) is 19.0 Å². The van der Waals surface area contributed by atoms with E-state index in [2.05, 4.69) is 10.3 Å². The molecule has 5 nitrogen and oxygen atoms in total. The number of thiazole rings is 1. The van der Waals surface area contributed by atoms with E-state index in [1.807, 2.05) is 31.4 Å². The van der Waals surface area contributed by atoms with Crippen LogP contribution in [0, 0.1) is 6.92 Å². The molecule has 0 radical (unpaired) electrons. The third kappa shape index (κ3) is 3.71. The molecule has 0 aliphatic rings. The first-order valence-corrected chi connectivity index (χ1v) is 7.94. The lowest BCUT2D eigenvalue weighted by atomic mass is 10.2. The zero-order valence-corrected chi connectivity index (χ0v) is 13.5. The summed E-state index contributed by atoms with van der Waals surface area (Å²) in [7, 11) is 1.67. The van der Waals surface area contributed by atoms with E-state index in [1.165, 1.54) is 11.3 Å². The molecule has 0 spiro atoms. The molecule has 0 unspecified atom stereocenters. The first-order chi connectivity index (χ1) is 10.2. The largest absolute Gasteiger partial charge is 0.385 e. The standard InChI is InChI=1S/C15H21N3O2S/c1-4-16-15-17-13(10-21-15)12-7-6-11(2)18(14(12)19)8-5-9-20-3/h6-7,10H,4-5,8-9H2,1-3H3,(H,16,17). The minimum atomic E-state index is 0.0134. The molecule has 0 saturated heterocycles. The molecule has 0 amide bonds. The number of ether oxygens (including phenoxy) is 1. The van der Waals surface area contributed by atoms with E-state index < -0.39 is 0 Å². The molecule has 0 aliphatic carbocycles. The molecular formula is C15H21N3O2S. The fourth-order valence-corrected chi connectivity index (χ4v) is 2.92. The van der Waals surface area contributed by atoms with E-state index in [0.717, 1.165) is 29.5 Å². The van der Waals surface area contributed by atoms with Gasteiger partial charge in [-0.15, -0.1) is 11.3 Å². The van der Waals surface area contributed by atoms with E-state index in [0.29, 0.717) is 18.7 Å². The van der Waals surface area contributed by atoms with Crippen LogP contribution in [0.3, 0.4) is 0 Å². The van der Waals surface area contributed by atoms with Gasteiger partial charge in [-0.2, -0.15) is 0 Å². The number of aromatic nitrogens is 2. The summed E-state index contributed by atoms with van der Waals surface area (Å²) in [5.41, 5.74) is 2.36. The lowest BCUT2D eigenvalue weighted by molar-refractivity contribution is 0.189. The summed E-state index contributed by atoms with van der Waals surface area (Å²) in [5.74, 6) is 0. The molecule has 2 aromatic heterocycles. The normalized spacial score (nSPS) is 10.8.